The molecule has 0 amide bonds. The van der Waals surface area contributed by atoms with E-state index >= 15 is 0 Å². The summed E-state index contributed by atoms with van der Waals surface area (Å²) in [6.45, 7) is 70.5. The highest BCUT2D eigenvalue weighted by atomic mass is 14.3. The van der Waals surface area contributed by atoms with Crippen molar-refractivity contribution in [3.05, 3.63) is 0 Å². The second-order valence-electron chi connectivity index (χ2n) is 28.3. The van der Waals surface area contributed by atoms with Crippen LogP contribution in [0.5, 0.6) is 0 Å². The zero-order valence-electron chi connectivity index (χ0n) is 59.5. The summed E-state index contributed by atoms with van der Waals surface area (Å²) in [5.74, 6) is 12.4. The molecule has 0 N–H and O–H groups in total. The third kappa shape index (κ3) is 101. The number of hydrogen-bond acceptors (Lipinski definition) is 0. The van der Waals surface area contributed by atoms with Gasteiger partial charge in [-0.3, -0.25) is 0 Å². The standard InChI is InChI=1S/8C7H16.3C6H12/c1-6(2)5-7(3)4;1-5-6-7(2,3)4;1-5-7(4)6(2)3;2*1-4-5-6-7(2)3;2*1-4-6-7(3)5-2;1-3-5-7-6-4-2;1-5-3-6(2)4-5;1-5-3-4-6(5)2;1-6-4-2-3-5-6/h6-7H,5H2,1-4H3;5-6H2,1-4H3;6-7H,5H2,1-4H3;4*7H,4-6H2,1-3H3;3-7H2,1-2H3;2*5-6H,3-4H2,1-2H3;6H,2-5H2,1H3/t;;7-;;;7-;;;;5-,6?;/m..0..1...1./s1. The molecular formula is C74H164. The van der Waals surface area contributed by atoms with Crippen molar-refractivity contribution in [2.75, 3.05) is 0 Å². The van der Waals surface area contributed by atoms with Crippen LogP contribution in [-0.2, 0) is 0 Å². The lowest BCUT2D eigenvalue weighted by molar-refractivity contribution is 0.219. The molecule has 0 aromatic rings. The van der Waals surface area contributed by atoms with Crippen molar-refractivity contribution in [1.29, 1.82) is 0 Å². The van der Waals surface area contributed by atoms with Crippen LogP contribution in [0.3, 0.4) is 0 Å². The molecule has 0 aliphatic heterocycles. The molecule has 0 bridgehead atoms. The lowest BCUT2D eigenvalue weighted by Crippen LogP contribution is -2.18. The van der Waals surface area contributed by atoms with Gasteiger partial charge in [0.05, 0.1) is 0 Å². The molecule has 0 heteroatoms. The minimum Gasteiger partial charge on any atom is -0.0654 e. The smallest absolute Gasteiger partial charge is 0.0383 e. The van der Waals surface area contributed by atoms with Crippen LogP contribution < -0.4 is 0 Å². The summed E-state index contributed by atoms with van der Waals surface area (Å²) in [4.78, 5) is 0. The Bertz CT molecular complexity index is 839. The molecule has 74 heavy (non-hydrogen) atoms. The van der Waals surface area contributed by atoms with E-state index < -0.39 is 0 Å². The first-order valence-electron chi connectivity index (χ1n) is 34.4. The van der Waals surface area contributed by atoms with Gasteiger partial charge in [0.15, 0.2) is 0 Å². The maximum atomic E-state index is 2.34. The van der Waals surface area contributed by atoms with Gasteiger partial charge in [-0.05, 0) is 108 Å². The molecule has 3 rings (SSSR count). The molecule has 0 aromatic carbocycles. The van der Waals surface area contributed by atoms with Gasteiger partial charge in [-0.25, -0.2) is 0 Å². The van der Waals surface area contributed by atoms with Crippen LogP contribution in [-0.4, -0.2) is 0 Å². The van der Waals surface area contributed by atoms with Crippen LogP contribution in [0.2, 0.25) is 0 Å². The van der Waals surface area contributed by atoms with Gasteiger partial charge in [0.1, 0.15) is 0 Å². The summed E-state index contributed by atoms with van der Waals surface area (Å²) in [6.07, 6.45) is 40.6. The van der Waals surface area contributed by atoms with Gasteiger partial charge in [-0.2, -0.15) is 0 Å². The molecule has 3 saturated carbocycles. The summed E-state index contributed by atoms with van der Waals surface area (Å²) >= 11 is 0. The molecule has 0 nitrogen and oxygen atoms in total. The van der Waals surface area contributed by atoms with Crippen LogP contribution in [0.15, 0.2) is 0 Å². The van der Waals surface area contributed by atoms with Crippen molar-refractivity contribution in [3.63, 3.8) is 0 Å². The van der Waals surface area contributed by atoms with Gasteiger partial charge in [0.2, 0.25) is 0 Å². The molecule has 2 unspecified atom stereocenters. The normalized spacial score (nSPS) is 18.5. The summed E-state index contributed by atoms with van der Waals surface area (Å²) < 4.78 is 0. The summed E-state index contributed by atoms with van der Waals surface area (Å²) in [5, 5.41) is 0. The van der Waals surface area contributed by atoms with Crippen molar-refractivity contribution in [2.45, 2.75) is 401 Å². The minimum atomic E-state index is 0.550. The molecule has 0 saturated heterocycles. The highest BCUT2D eigenvalue weighted by Crippen LogP contribution is 2.32. The molecule has 0 aromatic heterocycles. The lowest BCUT2D eigenvalue weighted by Gasteiger charge is -2.29. The molecule has 5 atom stereocenters. The van der Waals surface area contributed by atoms with Crippen molar-refractivity contribution in [2.24, 2.45) is 82.3 Å². The fourth-order valence-corrected chi connectivity index (χ4v) is 8.73. The zero-order chi connectivity index (χ0) is 59.5. The van der Waals surface area contributed by atoms with Crippen LogP contribution in [0.25, 0.3) is 0 Å². The van der Waals surface area contributed by atoms with Crippen molar-refractivity contribution >= 4 is 0 Å². The van der Waals surface area contributed by atoms with E-state index in [9.17, 15) is 0 Å². The molecule has 0 radical (unpaired) electrons. The quantitative estimate of drug-likeness (QED) is 0.101. The van der Waals surface area contributed by atoms with E-state index in [-0.39, 0.29) is 0 Å². The van der Waals surface area contributed by atoms with Crippen molar-refractivity contribution in [1.82, 2.24) is 0 Å². The predicted molar refractivity (Wildman–Crippen MR) is 358 cm³/mol. The summed E-state index contributed by atoms with van der Waals surface area (Å²) in [7, 11) is 0. The Balaban J connectivity index is -0.000000108. The maximum Gasteiger partial charge on any atom is -0.0383 e. The van der Waals surface area contributed by atoms with Gasteiger partial charge < -0.3 is 0 Å². The summed E-state index contributed by atoms with van der Waals surface area (Å²) in [6, 6.07) is 0. The molecule has 3 fully saturated rings. The monoisotopic (exact) mass is 1050 g/mol. The van der Waals surface area contributed by atoms with Gasteiger partial charge in [-0.15, -0.1) is 0 Å². The van der Waals surface area contributed by atoms with E-state index in [1.807, 2.05) is 0 Å². The van der Waals surface area contributed by atoms with E-state index in [0.717, 1.165) is 76.9 Å². The van der Waals surface area contributed by atoms with E-state index in [2.05, 4.69) is 215 Å². The molecule has 3 aliphatic rings. The Morgan fingerprint density at radius 2 is 0.689 bits per heavy atom. The second kappa shape index (κ2) is 69.1. The maximum absolute atomic E-state index is 2.34. The average molecular weight is 1050 g/mol. The zero-order valence-corrected chi connectivity index (χ0v) is 59.5. The van der Waals surface area contributed by atoms with Crippen LogP contribution in [0.4, 0.5) is 0 Å². The third-order valence-corrected chi connectivity index (χ3v) is 15.5. The predicted octanol–water partition coefficient (Wildman–Crippen LogP) is 28.8. The molecule has 0 spiro atoms. The van der Waals surface area contributed by atoms with Crippen molar-refractivity contribution < 1.29 is 0 Å². The van der Waals surface area contributed by atoms with Gasteiger partial charge in [-0.1, -0.05) is 375 Å². The SMILES string of the molecule is CC(C)CC(C)C.CC1CC(C)C1.CC1CCCC1.CC1CC[C@H]1C.CCCC(C)(C)C.CCCC(C)CC.CCCCC(C)C.CCCCC(C)C.CCCCCCC.CCC[C@H](C)CC.CC[C@H](C)C(C)C. The Kier molecular flexibility index (Phi) is 84.5. The highest BCUT2D eigenvalue weighted by molar-refractivity contribution is 4.72. The van der Waals surface area contributed by atoms with E-state index in [0.29, 0.717) is 5.41 Å². The summed E-state index contributed by atoms with van der Waals surface area (Å²) in [5.41, 5.74) is 0.550. The van der Waals surface area contributed by atoms with Crippen molar-refractivity contribution in [3.8, 4) is 0 Å². The number of unbranched alkanes of at least 4 members (excludes halogenated alkanes) is 6. The average Bonchev–Trinajstić information content (AvgIpc) is 3.81. The van der Waals surface area contributed by atoms with Crippen LogP contribution >= 0.6 is 0 Å². The fourth-order valence-electron chi connectivity index (χ4n) is 8.73. The van der Waals surface area contributed by atoms with E-state index in [1.54, 1.807) is 0 Å². The Labute approximate surface area is 480 Å². The van der Waals surface area contributed by atoms with Gasteiger partial charge in [0, 0.05) is 0 Å². The second-order valence-corrected chi connectivity index (χ2v) is 28.3. The van der Waals surface area contributed by atoms with E-state index in [1.165, 1.54) is 186 Å². The first-order chi connectivity index (χ1) is 34.4. The molecular weight excluding hydrogens is 889 g/mol. The first kappa shape index (κ1) is 90.5. The Morgan fingerprint density at radius 3 is 0.757 bits per heavy atom. The number of hydrogen-bond donors (Lipinski definition) is 0. The molecule has 460 valence electrons. The van der Waals surface area contributed by atoms with Crippen LogP contribution in [0, 0.1) is 82.3 Å². The van der Waals surface area contributed by atoms with Crippen LogP contribution in [0.1, 0.15) is 401 Å². The molecule has 3 aliphatic carbocycles. The Morgan fingerprint density at radius 1 is 0.351 bits per heavy atom. The Hall–Kier alpha value is 0. The largest absolute Gasteiger partial charge is 0.0654 e. The van der Waals surface area contributed by atoms with Gasteiger partial charge in [0.25, 0.3) is 0 Å². The minimum absolute atomic E-state index is 0.550. The topological polar surface area (TPSA) is 0 Å². The van der Waals surface area contributed by atoms with E-state index in [4.69, 9.17) is 0 Å². The lowest BCUT2D eigenvalue weighted by atomic mass is 9.77. The van der Waals surface area contributed by atoms with Gasteiger partial charge >= 0.3 is 0 Å². The number of rotatable bonds is 21. The molecule has 0 heterocycles. The third-order valence-electron chi connectivity index (χ3n) is 15.5. The fraction of sp³-hybridized carbons (Fsp3) is 1.00. The highest BCUT2D eigenvalue weighted by Gasteiger charge is 2.21. The first-order valence-corrected chi connectivity index (χ1v) is 34.4.